The zero-order chi connectivity index (χ0) is 14.2. The van der Waals surface area contributed by atoms with Crippen molar-refractivity contribution < 1.29 is 9.53 Å². The van der Waals surface area contributed by atoms with Crippen molar-refractivity contribution in [1.82, 2.24) is 4.98 Å². The second-order valence-electron chi connectivity index (χ2n) is 5.96. The Hall–Kier alpha value is -1.62. The molecule has 2 N–H and O–H groups in total. The van der Waals surface area contributed by atoms with E-state index in [-0.39, 0.29) is 18.2 Å². The summed E-state index contributed by atoms with van der Waals surface area (Å²) in [5, 5.41) is 0. The smallest absolute Gasteiger partial charge is 0.416 e. The van der Waals surface area contributed by atoms with Crippen molar-refractivity contribution in [2.45, 2.75) is 51.8 Å². The van der Waals surface area contributed by atoms with Gasteiger partial charge in [0.15, 0.2) is 0 Å². The maximum atomic E-state index is 12.3. The molecular formula is C14H21N3O2. The minimum Gasteiger partial charge on any atom is -0.443 e. The SMILES string of the molecule is CC1CC(N)c2cccnc2N1C(=O)OC(C)(C)C. The number of amides is 1. The average Bonchev–Trinajstić information content (AvgIpc) is 2.26. The van der Waals surface area contributed by atoms with Gasteiger partial charge in [0.2, 0.25) is 0 Å². The van der Waals surface area contributed by atoms with Crippen LogP contribution in [0.1, 0.15) is 45.7 Å². The zero-order valence-corrected chi connectivity index (χ0v) is 11.9. The Morgan fingerprint density at radius 2 is 2.21 bits per heavy atom. The second kappa shape index (κ2) is 4.81. The van der Waals surface area contributed by atoms with E-state index < -0.39 is 5.60 Å². The molecule has 2 unspecified atom stereocenters. The van der Waals surface area contributed by atoms with E-state index in [2.05, 4.69) is 4.98 Å². The van der Waals surface area contributed by atoms with Crippen molar-refractivity contribution >= 4 is 11.9 Å². The Morgan fingerprint density at radius 1 is 1.53 bits per heavy atom. The first-order valence-corrected chi connectivity index (χ1v) is 6.52. The molecule has 0 spiro atoms. The summed E-state index contributed by atoms with van der Waals surface area (Å²) in [6.45, 7) is 7.52. The first-order chi connectivity index (χ1) is 8.79. The number of aromatic nitrogens is 1. The molecule has 0 saturated carbocycles. The molecular weight excluding hydrogens is 242 g/mol. The standard InChI is InChI=1S/C14H21N3O2/c1-9-8-11(15)10-6-5-7-16-12(10)17(9)13(18)19-14(2,3)4/h5-7,9,11H,8,15H2,1-4H3. The highest BCUT2D eigenvalue weighted by Crippen LogP contribution is 2.34. The molecule has 19 heavy (non-hydrogen) atoms. The molecule has 0 bridgehead atoms. The zero-order valence-electron chi connectivity index (χ0n) is 11.9. The summed E-state index contributed by atoms with van der Waals surface area (Å²) in [4.78, 5) is 18.2. The highest BCUT2D eigenvalue weighted by Gasteiger charge is 2.35. The van der Waals surface area contributed by atoms with Gasteiger partial charge < -0.3 is 10.5 Å². The number of pyridine rings is 1. The van der Waals surface area contributed by atoms with E-state index in [1.165, 1.54) is 0 Å². The van der Waals surface area contributed by atoms with Gasteiger partial charge in [-0.2, -0.15) is 0 Å². The summed E-state index contributed by atoms with van der Waals surface area (Å²) in [5.74, 6) is 0.614. The topological polar surface area (TPSA) is 68.5 Å². The molecule has 5 nitrogen and oxygen atoms in total. The minimum atomic E-state index is -0.523. The predicted octanol–water partition coefficient (Wildman–Crippen LogP) is 2.62. The molecule has 0 aromatic carbocycles. The Bertz CT molecular complexity index is 482. The maximum absolute atomic E-state index is 12.3. The molecule has 104 valence electrons. The van der Waals surface area contributed by atoms with Crippen LogP contribution >= 0.6 is 0 Å². The fourth-order valence-corrected chi connectivity index (χ4v) is 2.29. The highest BCUT2D eigenvalue weighted by atomic mass is 16.6. The second-order valence-corrected chi connectivity index (χ2v) is 5.96. The van der Waals surface area contributed by atoms with Crippen LogP contribution < -0.4 is 10.6 Å². The Morgan fingerprint density at radius 3 is 2.84 bits per heavy atom. The summed E-state index contributed by atoms with van der Waals surface area (Å²) in [7, 11) is 0. The third-order valence-corrected chi connectivity index (χ3v) is 3.07. The molecule has 0 radical (unpaired) electrons. The predicted molar refractivity (Wildman–Crippen MR) is 74.0 cm³/mol. The lowest BCUT2D eigenvalue weighted by Crippen LogP contribution is -2.47. The van der Waals surface area contributed by atoms with Crippen molar-refractivity contribution in [3.05, 3.63) is 23.9 Å². The Labute approximate surface area is 113 Å². The lowest BCUT2D eigenvalue weighted by molar-refractivity contribution is 0.0560. The molecule has 1 aliphatic heterocycles. The number of nitrogens with two attached hydrogens (primary N) is 1. The van der Waals surface area contributed by atoms with Crippen LogP contribution in [-0.2, 0) is 4.74 Å². The van der Waals surface area contributed by atoms with Gasteiger partial charge >= 0.3 is 6.09 Å². The van der Waals surface area contributed by atoms with Gasteiger partial charge in [-0.3, -0.25) is 4.90 Å². The third-order valence-electron chi connectivity index (χ3n) is 3.07. The maximum Gasteiger partial charge on any atom is 0.416 e. The molecule has 1 aromatic rings. The molecule has 0 fully saturated rings. The van der Waals surface area contributed by atoms with Gasteiger partial charge in [0.1, 0.15) is 11.4 Å². The van der Waals surface area contributed by atoms with Crippen LogP contribution in [0.4, 0.5) is 10.6 Å². The molecule has 2 heterocycles. The van der Waals surface area contributed by atoms with E-state index in [0.29, 0.717) is 12.2 Å². The minimum absolute atomic E-state index is 0.0211. The number of fused-ring (bicyclic) bond motifs is 1. The van der Waals surface area contributed by atoms with Crippen molar-refractivity contribution in [2.75, 3.05) is 4.90 Å². The quantitative estimate of drug-likeness (QED) is 0.781. The van der Waals surface area contributed by atoms with E-state index in [4.69, 9.17) is 10.5 Å². The number of hydrogen-bond donors (Lipinski definition) is 1. The van der Waals surface area contributed by atoms with Gasteiger partial charge in [0.25, 0.3) is 0 Å². The third kappa shape index (κ3) is 2.87. The first-order valence-electron chi connectivity index (χ1n) is 6.52. The molecule has 0 aliphatic carbocycles. The normalized spacial score (nSPS) is 22.9. The number of ether oxygens (including phenoxy) is 1. The van der Waals surface area contributed by atoms with E-state index in [0.717, 1.165) is 5.56 Å². The fourth-order valence-electron chi connectivity index (χ4n) is 2.29. The molecule has 5 heteroatoms. The number of anilines is 1. The molecule has 2 atom stereocenters. The number of nitrogens with zero attached hydrogens (tertiary/aromatic N) is 2. The van der Waals surface area contributed by atoms with E-state index in [1.54, 1.807) is 11.1 Å². The first kappa shape index (κ1) is 13.8. The Balaban J connectivity index is 2.35. The van der Waals surface area contributed by atoms with Crippen LogP contribution in [0.5, 0.6) is 0 Å². The summed E-state index contributed by atoms with van der Waals surface area (Å²) < 4.78 is 5.45. The van der Waals surface area contributed by atoms with Crippen LogP contribution in [0.2, 0.25) is 0 Å². The van der Waals surface area contributed by atoms with E-state index in [9.17, 15) is 4.79 Å². The van der Waals surface area contributed by atoms with Crippen LogP contribution in [0.3, 0.4) is 0 Å². The lowest BCUT2D eigenvalue weighted by Gasteiger charge is -2.37. The van der Waals surface area contributed by atoms with E-state index in [1.807, 2.05) is 39.8 Å². The number of carbonyl (C=O) groups is 1. The van der Waals surface area contributed by atoms with Gasteiger partial charge in [0, 0.05) is 23.8 Å². The molecule has 1 aliphatic rings. The van der Waals surface area contributed by atoms with Crippen LogP contribution in [-0.4, -0.2) is 22.7 Å². The molecule has 0 saturated heterocycles. The molecule has 1 amide bonds. The molecule has 2 rings (SSSR count). The monoisotopic (exact) mass is 263 g/mol. The van der Waals surface area contributed by atoms with Gasteiger partial charge in [-0.25, -0.2) is 9.78 Å². The van der Waals surface area contributed by atoms with Crippen LogP contribution in [0, 0.1) is 0 Å². The summed E-state index contributed by atoms with van der Waals surface area (Å²) in [6, 6.07) is 3.64. The molecule has 1 aromatic heterocycles. The highest BCUT2D eigenvalue weighted by molar-refractivity contribution is 5.89. The van der Waals surface area contributed by atoms with Crippen LogP contribution in [0.15, 0.2) is 18.3 Å². The van der Waals surface area contributed by atoms with Gasteiger partial charge in [-0.15, -0.1) is 0 Å². The van der Waals surface area contributed by atoms with Crippen molar-refractivity contribution in [1.29, 1.82) is 0 Å². The van der Waals surface area contributed by atoms with E-state index >= 15 is 0 Å². The fraction of sp³-hybridized carbons (Fsp3) is 0.571. The Kier molecular flexibility index (Phi) is 3.49. The summed E-state index contributed by atoms with van der Waals surface area (Å²) in [5.41, 5.74) is 6.48. The number of carbonyl (C=O) groups excluding carboxylic acids is 1. The van der Waals surface area contributed by atoms with Gasteiger partial charge in [-0.05, 0) is 40.2 Å². The van der Waals surface area contributed by atoms with Crippen molar-refractivity contribution in [2.24, 2.45) is 5.73 Å². The van der Waals surface area contributed by atoms with Gasteiger partial charge in [-0.1, -0.05) is 6.07 Å². The largest absolute Gasteiger partial charge is 0.443 e. The van der Waals surface area contributed by atoms with Crippen molar-refractivity contribution in [3.8, 4) is 0 Å². The number of hydrogen-bond acceptors (Lipinski definition) is 4. The van der Waals surface area contributed by atoms with Crippen molar-refractivity contribution in [3.63, 3.8) is 0 Å². The summed E-state index contributed by atoms with van der Waals surface area (Å²) >= 11 is 0. The van der Waals surface area contributed by atoms with Crippen LogP contribution in [0.25, 0.3) is 0 Å². The lowest BCUT2D eigenvalue weighted by atomic mass is 9.95. The van der Waals surface area contributed by atoms with Gasteiger partial charge in [0.05, 0.1) is 0 Å². The average molecular weight is 263 g/mol. The summed E-state index contributed by atoms with van der Waals surface area (Å²) in [6.07, 6.45) is 2.01. The number of rotatable bonds is 0.